The van der Waals surface area contributed by atoms with E-state index in [-0.39, 0.29) is 23.6 Å². The van der Waals surface area contributed by atoms with Gasteiger partial charge in [0.05, 0.1) is 0 Å². The first-order valence-electron chi connectivity index (χ1n) is 6.37. The number of benzene rings is 1. The SMILES string of the molecule is CC(C)CC(NCCSC(F)(F)F)c1ccccc1. The van der Waals surface area contributed by atoms with Gasteiger partial charge >= 0.3 is 5.51 Å². The van der Waals surface area contributed by atoms with Crippen LogP contribution in [0, 0.1) is 5.92 Å². The molecule has 0 fully saturated rings. The summed E-state index contributed by atoms with van der Waals surface area (Å²) in [6.45, 7) is 4.58. The highest BCUT2D eigenvalue weighted by molar-refractivity contribution is 8.00. The van der Waals surface area contributed by atoms with Gasteiger partial charge in [-0.3, -0.25) is 0 Å². The summed E-state index contributed by atoms with van der Waals surface area (Å²) in [5.74, 6) is 0.540. The van der Waals surface area contributed by atoms with Crippen molar-refractivity contribution in [1.82, 2.24) is 5.32 Å². The van der Waals surface area contributed by atoms with Gasteiger partial charge in [0.1, 0.15) is 0 Å². The highest BCUT2D eigenvalue weighted by Crippen LogP contribution is 2.29. The fourth-order valence-corrected chi connectivity index (χ4v) is 2.35. The summed E-state index contributed by atoms with van der Waals surface area (Å²) in [5, 5.41) is 3.22. The second-order valence-corrected chi connectivity index (χ2v) is 6.00. The maximum absolute atomic E-state index is 12.0. The molecule has 1 unspecified atom stereocenters. The molecule has 0 bridgehead atoms. The normalized spacial score (nSPS) is 13.8. The summed E-state index contributed by atoms with van der Waals surface area (Å²) in [7, 11) is 0. The van der Waals surface area contributed by atoms with Crippen LogP contribution in [0.15, 0.2) is 30.3 Å². The van der Waals surface area contributed by atoms with Crippen LogP contribution in [0.5, 0.6) is 0 Å². The Kier molecular flexibility index (Phi) is 6.72. The van der Waals surface area contributed by atoms with Crippen LogP contribution in [0.25, 0.3) is 0 Å². The average molecular weight is 291 g/mol. The molecule has 0 aliphatic heterocycles. The van der Waals surface area contributed by atoms with E-state index < -0.39 is 5.51 Å². The average Bonchev–Trinajstić information content (AvgIpc) is 2.32. The van der Waals surface area contributed by atoms with Crippen LogP contribution < -0.4 is 5.32 Å². The highest BCUT2D eigenvalue weighted by Gasteiger charge is 2.27. The smallest absolute Gasteiger partial charge is 0.309 e. The third-order valence-corrected chi connectivity index (χ3v) is 3.40. The largest absolute Gasteiger partial charge is 0.441 e. The molecular weight excluding hydrogens is 271 g/mol. The van der Waals surface area contributed by atoms with E-state index in [1.165, 1.54) is 0 Å². The van der Waals surface area contributed by atoms with Gasteiger partial charge in [0, 0.05) is 18.3 Å². The molecule has 19 heavy (non-hydrogen) atoms. The molecule has 1 rings (SSSR count). The maximum Gasteiger partial charge on any atom is 0.441 e. The van der Waals surface area contributed by atoms with Gasteiger partial charge in [0.25, 0.3) is 0 Å². The first-order chi connectivity index (χ1) is 8.88. The highest BCUT2D eigenvalue weighted by atomic mass is 32.2. The summed E-state index contributed by atoms with van der Waals surface area (Å²) < 4.78 is 36.1. The van der Waals surface area contributed by atoms with Gasteiger partial charge in [-0.15, -0.1) is 0 Å². The van der Waals surface area contributed by atoms with E-state index in [4.69, 9.17) is 0 Å². The lowest BCUT2D eigenvalue weighted by atomic mass is 9.97. The summed E-state index contributed by atoms with van der Waals surface area (Å²) in [4.78, 5) is 0. The Bertz CT molecular complexity index is 351. The first-order valence-corrected chi connectivity index (χ1v) is 7.36. The van der Waals surface area contributed by atoms with Crippen molar-refractivity contribution in [2.24, 2.45) is 5.92 Å². The van der Waals surface area contributed by atoms with E-state index in [9.17, 15) is 13.2 Å². The summed E-state index contributed by atoms with van der Waals surface area (Å²) in [6.07, 6.45) is 0.917. The molecule has 0 saturated carbocycles. The van der Waals surface area contributed by atoms with Gasteiger partial charge in [-0.25, -0.2) is 0 Å². The van der Waals surface area contributed by atoms with Crippen LogP contribution in [0.1, 0.15) is 31.9 Å². The fraction of sp³-hybridized carbons (Fsp3) is 0.571. The Balaban J connectivity index is 2.47. The van der Waals surface area contributed by atoms with E-state index in [0.717, 1.165) is 12.0 Å². The summed E-state index contributed by atoms with van der Waals surface area (Å²) in [5.41, 5.74) is -3.00. The standard InChI is InChI=1S/C14H20F3NS/c1-11(2)10-13(12-6-4-3-5-7-12)18-8-9-19-14(15,16)17/h3-7,11,13,18H,8-10H2,1-2H3. The summed E-state index contributed by atoms with van der Waals surface area (Å²) in [6, 6.07) is 9.99. The number of halogens is 3. The van der Waals surface area contributed by atoms with Crippen molar-refractivity contribution < 1.29 is 13.2 Å². The predicted molar refractivity (Wildman–Crippen MR) is 75.2 cm³/mol. The topological polar surface area (TPSA) is 12.0 Å². The van der Waals surface area contributed by atoms with Crippen LogP contribution in [0.2, 0.25) is 0 Å². The molecule has 0 saturated heterocycles. The third kappa shape index (κ3) is 7.47. The van der Waals surface area contributed by atoms with Gasteiger partial charge in [0.2, 0.25) is 0 Å². The maximum atomic E-state index is 12.0. The zero-order valence-corrected chi connectivity index (χ0v) is 12.0. The lowest BCUT2D eigenvalue weighted by molar-refractivity contribution is -0.0327. The van der Waals surface area contributed by atoms with E-state index in [1.54, 1.807) is 0 Å². The van der Waals surface area contributed by atoms with Gasteiger partial charge in [-0.1, -0.05) is 44.2 Å². The molecule has 1 aromatic carbocycles. The van der Waals surface area contributed by atoms with Crippen LogP contribution >= 0.6 is 11.8 Å². The molecule has 0 radical (unpaired) electrons. The van der Waals surface area contributed by atoms with Gasteiger partial charge in [-0.2, -0.15) is 13.2 Å². The van der Waals surface area contributed by atoms with E-state index >= 15 is 0 Å². The molecule has 0 aliphatic rings. The minimum Gasteiger partial charge on any atom is -0.309 e. The molecule has 0 aliphatic carbocycles. The quantitative estimate of drug-likeness (QED) is 0.736. The molecule has 108 valence electrons. The van der Waals surface area contributed by atoms with Gasteiger partial charge in [0.15, 0.2) is 0 Å². The fourth-order valence-electron chi connectivity index (χ4n) is 1.89. The number of nitrogens with one attached hydrogen (secondary N) is 1. The Hall–Kier alpha value is -0.680. The van der Waals surface area contributed by atoms with Crippen molar-refractivity contribution in [2.75, 3.05) is 12.3 Å². The Labute approximate surface area is 117 Å². The molecule has 1 atom stereocenters. The molecule has 5 heteroatoms. The van der Waals surface area contributed by atoms with Crippen molar-refractivity contribution in [1.29, 1.82) is 0 Å². The summed E-state index contributed by atoms with van der Waals surface area (Å²) >= 11 is 0.0271. The van der Waals surface area contributed by atoms with Crippen molar-refractivity contribution in [3.05, 3.63) is 35.9 Å². The minimum atomic E-state index is -4.14. The molecule has 0 aromatic heterocycles. The molecule has 0 amide bonds. The third-order valence-electron chi connectivity index (χ3n) is 2.67. The Morgan fingerprint density at radius 2 is 1.79 bits per heavy atom. The van der Waals surface area contributed by atoms with Gasteiger partial charge in [-0.05, 0) is 29.7 Å². The lowest BCUT2D eigenvalue weighted by Gasteiger charge is -2.21. The van der Waals surface area contributed by atoms with E-state index in [2.05, 4.69) is 19.2 Å². The van der Waals surface area contributed by atoms with Crippen molar-refractivity contribution in [2.45, 2.75) is 31.8 Å². The molecule has 0 spiro atoms. The predicted octanol–water partition coefficient (Wildman–Crippen LogP) is 4.62. The van der Waals surface area contributed by atoms with Crippen molar-refractivity contribution in [3.63, 3.8) is 0 Å². The zero-order valence-electron chi connectivity index (χ0n) is 11.2. The first kappa shape index (κ1) is 16.4. The number of rotatable bonds is 7. The second-order valence-electron chi connectivity index (χ2n) is 4.84. The molecular formula is C14H20F3NS. The van der Waals surface area contributed by atoms with Crippen LogP contribution in [-0.2, 0) is 0 Å². The van der Waals surface area contributed by atoms with Gasteiger partial charge < -0.3 is 5.32 Å². The van der Waals surface area contributed by atoms with Crippen molar-refractivity contribution in [3.8, 4) is 0 Å². The van der Waals surface area contributed by atoms with Crippen molar-refractivity contribution >= 4 is 11.8 Å². The zero-order chi connectivity index (χ0) is 14.3. The number of thioether (sulfide) groups is 1. The second kappa shape index (κ2) is 7.80. The Morgan fingerprint density at radius 3 is 2.32 bits per heavy atom. The number of alkyl halides is 3. The van der Waals surface area contributed by atoms with Crippen LogP contribution in [0.3, 0.4) is 0 Å². The lowest BCUT2D eigenvalue weighted by Crippen LogP contribution is -2.25. The molecule has 1 N–H and O–H groups in total. The Morgan fingerprint density at radius 1 is 1.16 bits per heavy atom. The number of hydrogen-bond donors (Lipinski definition) is 1. The minimum absolute atomic E-state index is 0.0271. The monoisotopic (exact) mass is 291 g/mol. The molecule has 0 heterocycles. The molecule has 1 aromatic rings. The molecule has 1 nitrogen and oxygen atoms in total. The van der Waals surface area contributed by atoms with E-state index in [0.29, 0.717) is 12.5 Å². The number of hydrogen-bond acceptors (Lipinski definition) is 2. The van der Waals surface area contributed by atoms with Crippen LogP contribution in [-0.4, -0.2) is 17.8 Å². The van der Waals surface area contributed by atoms with E-state index in [1.807, 2.05) is 30.3 Å². The van der Waals surface area contributed by atoms with Crippen LogP contribution in [0.4, 0.5) is 13.2 Å².